The Morgan fingerprint density at radius 1 is 1.35 bits per heavy atom. The lowest BCUT2D eigenvalue weighted by Crippen LogP contribution is -2.41. The molecule has 9 heteroatoms. The highest BCUT2D eigenvalue weighted by molar-refractivity contribution is 5.68. The molecule has 0 aromatic rings. The molecule has 0 saturated heterocycles. The van der Waals surface area contributed by atoms with Gasteiger partial charge in [0.2, 0.25) is 6.79 Å². The van der Waals surface area contributed by atoms with E-state index in [9.17, 15) is 9.59 Å². The molecule has 0 bridgehead atoms. The first-order valence-electron chi connectivity index (χ1n) is 4.71. The zero-order valence-corrected chi connectivity index (χ0v) is 9.82. The summed E-state index contributed by atoms with van der Waals surface area (Å²) in [6, 6.07) is 0. The van der Waals surface area contributed by atoms with Crippen LogP contribution in [0.5, 0.6) is 0 Å². The van der Waals surface area contributed by atoms with Gasteiger partial charge in [-0.15, -0.1) is 0 Å². The van der Waals surface area contributed by atoms with E-state index < -0.39 is 25.5 Å². The molecule has 0 unspecified atom stereocenters. The van der Waals surface area contributed by atoms with Crippen LogP contribution in [-0.2, 0) is 19.1 Å². The minimum atomic E-state index is -1.16. The van der Waals surface area contributed by atoms with E-state index in [2.05, 4.69) is 14.3 Å². The van der Waals surface area contributed by atoms with E-state index in [-0.39, 0.29) is 11.4 Å². The van der Waals surface area contributed by atoms with Gasteiger partial charge in [0, 0.05) is 12.4 Å². The van der Waals surface area contributed by atoms with Crippen LogP contribution in [-0.4, -0.2) is 59.3 Å². The van der Waals surface area contributed by atoms with Crippen molar-refractivity contribution in [3.63, 3.8) is 0 Å². The summed E-state index contributed by atoms with van der Waals surface area (Å²) in [4.78, 5) is 25.6. The van der Waals surface area contributed by atoms with Gasteiger partial charge < -0.3 is 14.6 Å². The summed E-state index contributed by atoms with van der Waals surface area (Å²) in [7, 11) is 1.26. The van der Waals surface area contributed by atoms with Crippen molar-refractivity contribution in [1.82, 2.24) is 10.3 Å². The van der Waals surface area contributed by atoms with Crippen LogP contribution in [0, 0.1) is 0 Å². The third-order valence-electron chi connectivity index (χ3n) is 1.33. The normalized spacial score (nSPS) is 11.0. The third kappa shape index (κ3) is 8.39. The summed E-state index contributed by atoms with van der Waals surface area (Å²) in [5, 5.41) is 18.5. The molecule has 0 amide bonds. The zero-order chi connectivity index (χ0) is 13.4. The van der Waals surface area contributed by atoms with Crippen LogP contribution >= 0.6 is 0 Å². The quantitative estimate of drug-likeness (QED) is 0.369. The van der Waals surface area contributed by atoms with Crippen molar-refractivity contribution in [3.05, 3.63) is 0 Å². The summed E-state index contributed by atoms with van der Waals surface area (Å²) in [5.41, 5.74) is 0. The van der Waals surface area contributed by atoms with Crippen molar-refractivity contribution in [2.45, 2.75) is 20.0 Å². The van der Waals surface area contributed by atoms with E-state index >= 15 is 0 Å². The minimum Gasteiger partial charge on any atom is -0.480 e. The van der Waals surface area contributed by atoms with Crippen molar-refractivity contribution >= 4 is 12.1 Å². The summed E-state index contributed by atoms with van der Waals surface area (Å²) in [6.07, 6.45) is -1.28. The highest BCUT2D eigenvalue weighted by Gasteiger charge is 2.14. The van der Waals surface area contributed by atoms with Gasteiger partial charge in [0.05, 0.1) is 6.10 Å². The molecule has 2 N–H and O–H groups in total. The third-order valence-corrected chi connectivity index (χ3v) is 1.33. The van der Waals surface area contributed by atoms with Crippen LogP contribution < -0.4 is 0 Å². The molecule has 0 saturated carbocycles. The first kappa shape index (κ1) is 15.6. The lowest BCUT2D eigenvalue weighted by molar-refractivity contribution is -0.448. The highest BCUT2D eigenvalue weighted by atomic mass is 17.0. The van der Waals surface area contributed by atoms with Crippen LogP contribution in [0.15, 0.2) is 0 Å². The fourth-order valence-electron chi connectivity index (χ4n) is 0.703. The van der Waals surface area contributed by atoms with Gasteiger partial charge in [0.1, 0.15) is 6.54 Å². The molecule has 0 heterocycles. The molecule has 0 atom stereocenters. The molecule has 0 fully saturated rings. The SMILES string of the molecule is CC(C)OC(=O)OCON(O)N(C)CC(=O)O. The minimum absolute atomic E-state index is 0.150. The Balaban J connectivity index is 3.73. The van der Waals surface area contributed by atoms with Crippen LogP contribution in [0.4, 0.5) is 4.79 Å². The van der Waals surface area contributed by atoms with Gasteiger partial charge in [-0.2, -0.15) is 5.01 Å². The maximum Gasteiger partial charge on any atom is 0.510 e. The van der Waals surface area contributed by atoms with Crippen molar-refractivity contribution in [2.24, 2.45) is 0 Å². The Morgan fingerprint density at radius 3 is 2.41 bits per heavy atom. The number of hydrazine groups is 1. The predicted octanol–water partition coefficient (Wildman–Crippen LogP) is 0.0597. The Morgan fingerprint density at radius 2 is 1.94 bits per heavy atom. The van der Waals surface area contributed by atoms with Gasteiger partial charge in [-0.3, -0.25) is 10.0 Å². The first-order chi connectivity index (χ1) is 7.82. The van der Waals surface area contributed by atoms with Crippen molar-refractivity contribution < 1.29 is 34.2 Å². The number of likely N-dealkylation sites (N-methyl/N-ethyl adjacent to an activating group) is 1. The van der Waals surface area contributed by atoms with E-state index in [1.54, 1.807) is 13.8 Å². The summed E-state index contributed by atoms with van der Waals surface area (Å²) >= 11 is 0. The average Bonchev–Trinajstić information content (AvgIpc) is 2.14. The van der Waals surface area contributed by atoms with E-state index in [1.165, 1.54) is 7.05 Å². The first-order valence-corrected chi connectivity index (χ1v) is 4.71. The van der Waals surface area contributed by atoms with E-state index in [1.807, 2.05) is 0 Å². The zero-order valence-electron chi connectivity index (χ0n) is 9.82. The molecule has 0 aliphatic rings. The molecule has 0 radical (unpaired) electrons. The molecule has 17 heavy (non-hydrogen) atoms. The Kier molecular flexibility index (Phi) is 7.14. The number of nitrogens with zero attached hydrogens (tertiary/aromatic N) is 2. The van der Waals surface area contributed by atoms with E-state index in [0.717, 1.165) is 5.01 Å². The monoisotopic (exact) mass is 252 g/mol. The fourth-order valence-corrected chi connectivity index (χ4v) is 0.703. The summed E-state index contributed by atoms with van der Waals surface area (Å²) in [6.45, 7) is 2.20. The van der Waals surface area contributed by atoms with Gasteiger partial charge in [-0.1, -0.05) is 0 Å². The number of aliphatic carboxylic acids is 1. The topological polar surface area (TPSA) is 109 Å². The fraction of sp³-hybridized carbons (Fsp3) is 0.750. The number of carboxylic acids is 1. The second kappa shape index (κ2) is 7.79. The standard InChI is InChI=1S/C8H16N2O7/c1-6(2)17-8(13)15-5-16-10(14)9(3)4-7(11)12/h6,14H,4-5H2,1-3H3,(H,11,12). The number of carbonyl (C=O) groups excluding carboxylic acids is 1. The van der Waals surface area contributed by atoms with Crippen LogP contribution in [0.1, 0.15) is 13.8 Å². The lowest BCUT2D eigenvalue weighted by Gasteiger charge is -2.22. The largest absolute Gasteiger partial charge is 0.510 e. The van der Waals surface area contributed by atoms with E-state index in [0.29, 0.717) is 0 Å². The molecule has 0 aliphatic heterocycles. The van der Waals surface area contributed by atoms with Crippen molar-refractivity contribution in [2.75, 3.05) is 20.4 Å². The molecule has 9 nitrogen and oxygen atoms in total. The number of rotatable bonds is 7. The number of hydrogen-bond acceptors (Lipinski definition) is 8. The number of carboxylic acid groups (broad SMARTS) is 1. The van der Waals surface area contributed by atoms with Crippen LogP contribution in [0.25, 0.3) is 0 Å². The molecule has 0 aromatic carbocycles. The molecule has 0 spiro atoms. The number of ether oxygens (including phenoxy) is 2. The molecule has 100 valence electrons. The van der Waals surface area contributed by atoms with Gasteiger partial charge in [-0.05, 0) is 13.8 Å². The summed E-state index contributed by atoms with van der Waals surface area (Å²) < 4.78 is 9.03. The lowest BCUT2D eigenvalue weighted by atomic mass is 10.5. The van der Waals surface area contributed by atoms with Gasteiger partial charge >= 0.3 is 12.1 Å². The second-order valence-electron chi connectivity index (χ2n) is 3.27. The maximum absolute atomic E-state index is 10.9. The number of carbonyl (C=O) groups is 2. The Hall–Kier alpha value is -1.42. The van der Waals surface area contributed by atoms with Gasteiger partial charge in [0.25, 0.3) is 0 Å². The van der Waals surface area contributed by atoms with E-state index in [4.69, 9.17) is 10.3 Å². The molecule has 0 rings (SSSR count). The predicted molar refractivity (Wildman–Crippen MR) is 52.5 cm³/mol. The van der Waals surface area contributed by atoms with Gasteiger partial charge in [0.15, 0.2) is 0 Å². The Bertz CT molecular complexity index is 258. The van der Waals surface area contributed by atoms with Crippen LogP contribution in [0.3, 0.4) is 0 Å². The smallest absolute Gasteiger partial charge is 0.480 e. The highest BCUT2D eigenvalue weighted by Crippen LogP contribution is 1.95. The summed E-state index contributed by atoms with van der Waals surface area (Å²) in [5.74, 6) is -1.16. The maximum atomic E-state index is 10.9. The molecule has 0 aromatic heterocycles. The number of hydrogen-bond donors (Lipinski definition) is 2. The van der Waals surface area contributed by atoms with Crippen molar-refractivity contribution in [3.8, 4) is 0 Å². The Labute approximate surface area is 97.9 Å². The van der Waals surface area contributed by atoms with Crippen molar-refractivity contribution in [1.29, 1.82) is 0 Å². The second-order valence-corrected chi connectivity index (χ2v) is 3.27. The van der Waals surface area contributed by atoms with Gasteiger partial charge in [-0.25, -0.2) is 9.63 Å². The average molecular weight is 252 g/mol. The molecule has 0 aliphatic carbocycles. The van der Waals surface area contributed by atoms with Crippen LogP contribution in [0.2, 0.25) is 0 Å². The molecular weight excluding hydrogens is 236 g/mol. The molecular formula is C8H16N2O7.